The fourth-order valence-electron chi connectivity index (χ4n) is 3.07. The van der Waals surface area contributed by atoms with Gasteiger partial charge in [0.25, 0.3) is 10.0 Å². The van der Waals surface area contributed by atoms with Crippen molar-refractivity contribution in [3.8, 4) is 0 Å². The number of benzene rings is 1. The average Bonchev–Trinajstić information content (AvgIpc) is 3.24. The second-order valence-electron chi connectivity index (χ2n) is 6.46. The lowest BCUT2D eigenvalue weighted by Crippen LogP contribution is -2.45. The van der Waals surface area contributed by atoms with Crippen LogP contribution in [0, 0.1) is 5.92 Å². The number of piperidine rings is 1. The molecule has 8 heteroatoms. The number of nitrogens with zero attached hydrogens (tertiary/aromatic N) is 1. The lowest BCUT2D eigenvalue weighted by Gasteiger charge is -2.30. The summed E-state index contributed by atoms with van der Waals surface area (Å²) in [4.78, 5) is 12.4. The molecule has 0 saturated carbocycles. The van der Waals surface area contributed by atoms with Crippen molar-refractivity contribution in [2.24, 2.45) is 5.92 Å². The second kappa shape index (κ2) is 9.45. The fraction of sp³-hybridized carbons (Fsp3) is 0.421. The maximum absolute atomic E-state index is 12.6. The third-order valence-corrected chi connectivity index (χ3v) is 7.74. The van der Waals surface area contributed by atoms with Crippen LogP contribution in [0.2, 0.25) is 0 Å². The lowest BCUT2D eigenvalue weighted by atomic mass is 9.99. The SMILES string of the molecule is O=C(NCCOCc1ccccc1)[C@@H]1CCCN(S(=O)(=O)c2cccs2)C1. The molecule has 1 atom stereocenters. The van der Waals surface area contributed by atoms with Crippen LogP contribution in [-0.2, 0) is 26.2 Å². The van der Waals surface area contributed by atoms with E-state index in [1.807, 2.05) is 30.3 Å². The van der Waals surface area contributed by atoms with Gasteiger partial charge in [-0.2, -0.15) is 4.31 Å². The summed E-state index contributed by atoms with van der Waals surface area (Å²) < 4.78 is 32.6. The van der Waals surface area contributed by atoms with Gasteiger partial charge in [-0.25, -0.2) is 8.42 Å². The van der Waals surface area contributed by atoms with Crippen LogP contribution in [0.25, 0.3) is 0 Å². The summed E-state index contributed by atoms with van der Waals surface area (Å²) in [5.74, 6) is -0.424. The third kappa shape index (κ3) is 5.38. The zero-order valence-corrected chi connectivity index (χ0v) is 16.7. The summed E-state index contributed by atoms with van der Waals surface area (Å²) >= 11 is 1.20. The van der Waals surface area contributed by atoms with Crippen molar-refractivity contribution in [3.05, 3.63) is 53.4 Å². The van der Waals surface area contributed by atoms with Crippen molar-refractivity contribution in [3.63, 3.8) is 0 Å². The van der Waals surface area contributed by atoms with Gasteiger partial charge in [0.05, 0.1) is 19.1 Å². The van der Waals surface area contributed by atoms with E-state index in [1.165, 1.54) is 15.6 Å². The Bertz CT molecular complexity index is 823. The van der Waals surface area contributed by atoms with E-state index in [2.05, 4.69) is 5.32 Å². The summed E-state index contributed by atoms with van der Waals surface area (Å²) in [6, 6.07) is 13.2. The average molecular weight is 409 g/mol. The van der Waals surface area contributed by atoms with Crippen LogP contribution in [0.1, 0.15) is 18.4 Å². The molecule has 1 aliphatic rings. The molecule has 1 aliphatic heterocycles. The molecule has 0 radical (unpaired) electrons. The van der Waals surface area contributed by atoms with Crippen molar-refractivity contribution >= 4 is 27.3 Å². The highest BCUT2D eigenvalue weighted by atomic mass is 32.2. The third-order valence-electron chi connectivity index (χ3n) is 4.50. The predicted molar refractivity (Wildman–Crippen MR) is 105 cm³/mol. The fourth-order valence-corrected chi connectivity index (χ4v) is 5.74. The van der Waals surface area contributed by atoms with Crippen LogP contribution in [0.5, 0.6) is 0 Å². The van der Waals surface area contributed by atoms with Gasteiger partial charge >= 0.3 is 0 Å². The topological polar surface area (TPSA) is 75.7 Å². The van der Waals surface area contributed by atoms with Gasteiger partial charge in [0.15, 0.2) is 0 Å². The molecule has 0 unspecified atom stereocenters. The van der Waals surface area contributed by atoms with E-state index < -0.39 is 10.0 Å². The molecule has 2 aromatic rings. The Kier molecular flexibility index (Phi) is 7.01. The van der Waals surface area contributed by atoms with Gasteiger partial charge in [-0.1, -0.05) is 36.4 Å². The minimum atomic E-state index is -3.50. The van der Waals surface area contributed by atoms with E-state index in [4.69, 9.17) is 4.74 Å². The van der Waals surface area contributed by atoms with Gasteiger partial charge in [0, 0.05) is 19.6 Å². The first-order valence-corrected chi connectivity index (χ1v) is 11.3. The minimum absolute atomic E-state index is 0.107. The van der Waals surface area contributed by atoms with Crippen LogP contribution in [0.15, 0.2) is 52.1 Å². The molecule has 1 saturated heterocycles. The largest absolute Gasteiger partial charge is 0.375 e. The summed E-state index contributed by atoms with van der Waals surface area (Å²) in [7, 11) is -3.50. The molecule has 1 amide bonds. The number of rotatable bonds is 8. The number of hydrogen-bond donors (Lipinski definition) is 1. The smallest absolute Gasteiger partial charge is 0.252 e. The van der Waals surface area contributed by atoms with E-state index >= 15 is 0 Å². The first-order chi connectivity index (χ1) is 13.1. The number of carbonyl (C=O) groups excluding carboxylic acids is 1. The molecular formula is C19H24N2O4S2. The van der Waals surface area contributed by atoms with E-state index in [1.54, 1.807) is 17.5 Å². The van der Waals surface area contributed by atoms with Gasteiger partial charge in [-0.05, 0) is 29.9 Å². The molecular weight excluding hydrogens is 384 g/mol. The molecule has 6 nitrogen and oxygen atoms in total. The number of hydrogen-bond acceptors (Lipinski definition) is 5. The zero-order valence-electron chi connectivity index (χ0n) is 15.0. The minimum Gasteiger partial charge on any atom is -0.375 e. The quantitative estimate of drug-likeness (QED) is 0.681. The highest BCUT2D eigenvalue weighted by Crippen LogP contribution is 2.26. The van der Waals surface area contributed by atoms with Crippen molar-refractivity contribution in [1.29, 1.82) is 0 Å². The number of thiophene rings is 1. The molecule has 0 bridgehead atoms. The van der Waals surface area contributed by atoms with Crippen LogP contribution in [0.4, 0.5) is 0 Å². The van der Waals surface area contributed by atoms with Crippen molar-refractivity contribution < 1.29 is 17.9 Å². The van der Waals surface area contributed by atoms with Crippen LogP contribution in [0.3, 0.4) is 0 Å². The van der Waals surface area contributed by atoms with Crippen molar-refractivity contribution in [2.45, 2.75) is 23.7 Å². The molecule has 2 heterocycles. The normalized spacial score (nSPS) is 18.3. The lowest BCUT2D eigenvalue weighted by molar-refractivity contribution is -0.126. The zero-order chi connectivity index (χ0) is 19.1. The van der Waals surface area contributed by atoms with E-state index in [-0.39, 0.29) is 18.4 Å². The van der Waals surface area contributed by atoms with Gasteiger partial charge in [0.1, 0.15) is 4.21 Å². The molecule has 0 aliphatic carbocycles. The van der Waals surface area contributed by atoms with Crippen LogP contribution in [-0.4, -0.2) is 44.9 Å². The number of sulfonamides is 1. The van der Waals surface area contributed by atoms with E-state index in [0.29, 0.717) is 43.4 Å². The van der Waals surface area contributed by atoms with Gasteiger partial charge in [-0.15, -0.1) is 11.3 Å². The number of amides is 1. The Morgan fingerprint density at radius 1 is 1.22 bits per heavy atom. The first-order valence-electron chi connectivity index (χ1n) is 9.00. The highest BCUT2D eigenvalue weighted by Gasteiger charge is 2.33. The summed E-state index contributed by atoms with van der Waals surface area (Å²) in [6.07, 6.45) is 1.39. The molecule has 0 spiro atoms. The van der Waals surface area contributed by atoms with E-state index in [0.717, 1.165) is 5.56 Å². The van der Waals surface area contributed by atoms with Crippen LogP contribution < -0.4 is 5.32 Å². The monoisotopic (exact) mass is 408 g/mol. The molecule has 1 aromatic carbocycles. The Morgan fingerprint density at radius 2 is 2.04 bits per heavy atom. The van der Waals surface area contributed by atoms with Crippen LogP contribution >= 0.6 is 11.3 Å². The first kappa shape index (κ1) is 20.0. The van der Waals surface area contributed by atoms with Crippen molar-refractivity contribution in [1.82, 2.24) is 9.62 Å². The molecule has 1 aromatic heterocycles. The molecule has 1 N–H and O–H groups in total. The standard InChI is InChI=1S/C19H24N2O4S2/c22-19(20-10-12-25-15-16-6-2-1-3-7-16)17-8-4-11-21(14-17)27(23,24)18-9-5-13-26-18/h1-3,5-7,9,13,17H,4,8,10-12,14-15H2,(H,20,22)/t17-/m1/s1. The number of carbonyl (C=O) groups is 1. The maximum atomic E-state index is 12.6. The van der Waals surface area contributed by atoms with Gasteiger partial charge in [0.2, 0.25) is 5.91 Å². The maximum Gasteiger partial charge on any atom is 0.252 e. The Labute approximate surface area is 164 Å². The summed E-state index contributed by atoms with van der Waals surface area (Å²) in [6.45, 7) is 2.04. The number of nitrogens with one attached hydrogen (secondary N) is 1. The Morgan fingerprint density at radius 3 is 2.78 bits per heavy atom. The molecule has 3 rings (SSSR count). The molecule has 146 valence electrons. The number of ether oxygens (including phenoxy) is 1. The summed E-state index contributed by atoms with van der Waals surface area (Å²) in [5.41, 5.74) is 1.09. The predicted octanol–water partition coefficient (Wildman–Crippen LogP) is 2.48. The highest BCUT2D eigenvalue weighted by molar-refractivity contribution is 7.91. The van der Waals surface area contributed by atoms with Gasteiger partial charge < -0.3 is 10.1 Å². The van der Waals surface area contributed by atoms with Gasteiger partial charge in [-0.3, -0.25) is 4.79 Å². The van der Waals surface area contributed by atoms with Crippen molar-refractivity contribution in [2.75, 3.05) is 26.2 Å². The second-order valence-corrected chi connectivity index (χ2v) is 9.58. The summed E-state index contributed by atoms with van der Waals surface area (Å²) in [5, 5.41) is 4.61. The molecule has 1 fully saturated rings. The Balaban J connectivity index is 1.43. The Hall–Kier alpha value is -1.74. The van der Waals surface area contributed by atoms with E-state index in [9.17, 15) is 13.2 Å². The molecule has 27 heavy (non-hydrogen) atoms.